The summed E-state index contributed by atoms with van der Waals surface area (Å²) in [4.78, 5) is 0. The van der Waals surface area contributed by atoms with Gasteiger partial charge < -0.3 is 5.32 Å². The van der Waals surface area contributed by atoms with Gasteiger partial charge in [0.25, 0.3) is 0 Å². The van der Waals surface area contributed by atoms with Crippen LogP contribution < -0.4 is 5.32 Å². The fourth-order valence-electron chi connectivity index (χ4n) is 2.37. The quantitative estimate of drug-likeness (QED) is 0.786. The maximum Gasteiger partial charge on any atom is 0.0600 e. The van der Waals surface area contributed by atoms with Gasteiger partial charge in [-0.05, 0) is 67.8 Å². The van der Waals surface area contributed by atoms with Crippen LogP contribution in [0.5, 0.6) is 0 Å². The zero-order valence-corrected chi connectivity index (χ0v) is 14.6. The summed E-state index contributed by atoms with van der Waals surface area (Å²) in [5, 5.41) is 4.17. The van der Waals surface area contributed by atoms with Crippen molar-refractivity contribution < 1.29 is 0 Å². The van der Waals surface area contributed by atoms with Crippen LogP contribution in [0.2, 0.25) is 5.02 Å². The molecule has 2 aromatic carbocycles. The van der Waals surface area contributed by atoms with E-state index in [9.17, 15) is 0 Å². The zero-order chi connectivity index (χ0) is 14.9. The molecule has 0 aliphatic carbocycles. The van der Waals surface area contributed by atoms with Crippen molar-refractivity contribution >= 4 is 27.5 Å². The van der Waals surface area contributed by atoms with Crippen LogP contribution in [0, 0.1) is 20.8 Å². The lowest BCUT2D eigenvalue weighted by Gasteiger charge is -2.21. The molecule has 0 aliphatic heterocycles. The van der Waals surface area contributed by atoms with Crippen molar-refractivity contribution in [2.75, 3.05) is 7.05 Å². The minimum atomic E-state index is 0.0803. The predicted octanol–water partition coefficient (Wildman–Crippen LogP) is 5.34. The highest BCUT2D eigenvalue weighted by atomic mass is 79.9. The van der Waals surface area contributed by atoms with Gasteiger partial charge in [-0.3, -0.25) is 0 Å². The lowest BCUT2D eigenvalue weighted by atomic mass is 9.95. The standard InChI is InChI=1S/C17H19BrClN/c1-10-5-6-13(15(18)7-10)17(20-4)14-8-11(2)12(3)9-16(14)19/h5-9,17,20H,1-4H3. The molecule has 0 fully saturated rings. The van der Waals surface area contributed by atoms with E-state index in [-0.39, 0.29) is 6.04 Å². The first-order chi connectivity index (χ1) is 9.43. The Kier molecular flexibility index (Phi) is 4.90. The molecule has 0 heterocycles. The Morgan fingerprint density at radius 2 is 1.65 bits per heavy atom. The summed E-state index contributed by atoms with van der Waals surface area (Å²) < 4.78 is 1.10. The average molecular weight is 353 g/mol. The van der Waals surface area contributed by atoms with Crippen molar-refractivity contribution in [2.45, 2.75) is 26.8 Å². The van der Waals surface area contributed by atoms with Gasteiger partial charge in [-0.1, -0.05) is 45.7 Å². The second kappa shape index (κ2) is 6.30. The molecular formula is C17H19BrClN. The maximum atomic E-state index is 6.45. The van der Waals surface area contributed by atoms with E-state index in [4.69, 9.17) is 11.6 Å². The molecule has 2 rings (SSSR count). The third-order valence-electron chi connectivity index (χ3n) is 3.68. The fraction of sp³-hybridized carbons (Fsp3) is 0.294. The maximum absolute atomic E-state index is 6.45. The Labute approximate surface area is 134 Å². The lowest BCUT2D eigenvalue weighted by molar-refractivity contribution is 0.688. The highest BCUT2D eigenvalue weighted by Gasteiger charge is 2.18. The van der Waals surface area contributed by atoms with Crippen LogP contribution in [0.15, 0.2) is 34.8 Å². The van der Waals surface area contributed by atoms with E-state index in [2.05, 4.69) is 66.3 Å². The smallest absolute Gasteiger partial charge is 0.0600 e. The summed E-state index contributed by atoms with van der Waals surface area (Å²) in [5.41, 5.74) is 6.02. The number of hydrogen-bond donors (Lipinski definition) is 1. The van der Waals surface area contributed by atoms with Crippen molar-refractivity contribution in [1.29, 1.82) is 0 Å². The summed E-state index contributed by atoms with van der Waals surface area (Å²) in [6.45, 7) is 6.29. The Morgan fingerprint density at radius 3 is 2.25 bits per heavy atom. The summed E-state index contributed by atoms with van der Waals surface area (Å²) in [6.07, 6.45) is 0. The fourth-order valence-corrected chi connectivity index (χ4v) is 3.42. The molecule has 0 saturated carbocycles. The van der Waals surface area contributed by atoms with E-state index in [0.29, 0.717) is 0 Å². The topological polar surface area (TPSA) is 12.0 Å². The van der Waals surface area contributed by atoms with E-state index in [1.807, 2.05) is 13.1 Å². The van der Waals surface area contributed by atoms with Crippen molar-refractivity contribution in [1.82, 2.24) is 5.32 Å². The first-order valence-corrected chi connectivity index (χ1v) is 7.81. The second-order valence-corrected chi connectivity index (χ2v) is 6.47. The van der Waals surface area contributed by atoms with Crippen LogP contribution >= 0.6 is 27.5 Å². The number of hydrogen-bond acceptors (Lipinski definition) is 1. The Hall–Kier alpha value is -0.830. The molecule has 1 nitrogen and oxygen atoms in total. The predicted molar refractivity (Wildman–Crippen MR) is 90.7 cm³/mol. The molecule has 106 valence electrons. The minimum absolute atomic E-state index is 0.0803. The molecule has 2 aromatic rings. The average Bonchev–Trinajstić information content (AvgIpc) is 2.38. The van der Waals surface area contributed by atoms with E-state index in [1.165, 1.54) is 22.3 Å². The van der Waals surface area contributed by atoms with Crippen molar-refractivity contribution in [3.63, 3.8) is 0 Å². The van der Waals surface area contributed by atoms with Crippen LogP contribution in [0.1, 0.15) is 33.9 Å². The SMILES string of the molecule is CNC(c1cc(C)c(C)cc1Cl)c1ccc(C)cc1Br. The van der Waals surface area contributed by atoms with E-state index in [1.54, 1.807) is 0 Å². The molecule has 0 radical (unpaired) electrons. The summed E-state index contributed by atoms with van der Waals surface area (Å²) in [7, 11) is 1.96. The molecule has 0 aliphatic rings. The van der Waals surface area contributed by atoms with Crippen molar-refractivity contribution in [2.24, 2.45) is 0 Å². The van der Waals surface area contributed by atoms with Crippen LogP contribution in [-0.2, 0) is 0 Å². The van der Waals surface area contributed by atoms with Gasteiger partial charge in [0.05, 0.1) is 6.04 Å². The molecule has 0 amide bonds. The van der Waals surface area contributed by atoms with Crippen LogP contribution in [0.4, 0.5) is 0 Å². The van der Waals surface area contributed by atoms with Crippen LogP contribution in [0.3, 0.4) is 0 Å². The molecule has 0 bridgehead atoms. The summed E-state index contributed by atoms with van der Waals surface area (Å²) >= 11 is 10.1. The van der Waals surface area contributed by atoms with Crippen molar-refractivity contribution in [3.05, 3.63) is 67.6 Å². The molecule has 1 N–H and O–H groups in total. The van der Waals surface area contributed by atoms with Crippen molar-refractivity contribution in [3.8, 4) is 0 Å². The van der Waals surface area contributed by atoms with E-state index in [0.717, 1.165) is 15.1 Å². The highest BCUT2D eigenvalue weighted by molar-refractivity contribution is 9.10. The van der Waals surface area contributed by atoms with Gasteiger partial charge in [-0.15, -0.1) is 0 Å². The molecule has 0 aromatic heterocycles. The molecule has 3 heteroatoms. The third kappa shape index (κ3) is 3.08. The number of nitrogens with one attached hydrogen (secondary N) is 1. The van der Waals surface area contributed by atoms with Gasteiger partial charge in [-0.25, -0.2) is 0 Å². The number of rotatable bonds is 3. The van der Waals surface area contributed by atoms with E-state index >= 15 is 0 Å². The van der Waals surface area contributed by atoms with Gasteiger partial charge in [-0.2, -0.15) is 0 Å². The summed E-state index contributed by atoms with van der Waals surface area (Å²) in [5.74, 6) is 0. The second-order valence-electron chi connectivity index (χ2n) is 5.20. The molecule has 1 unspecified atom stereocenters. The van der Waals surface area contributed by atoms with Crippen LogP contribution in [0.25, 0.3) is 0 Å². The molecule has 0 saturated heterocycles. The first kappa shape index (κ1) is 15.6. The molecule has 1 atom stereocenters. The Bertz CT molecular complexity index is 637. The number of halogens is 2. The zero-order valence-electron chi connectivity index (χ0n) is 12.2. The first-order valence-electron chi connectivity index (χ1n) is 6.64. The summed E-state index contributed by atoms with van der Waals surface area (Å²) in [6, 6.07) is 10.7. The van der Waals surface area contributed by atoms with Gasteiger partial charge >= 0.3 is 0 Å². The molecular weight excluding hydrogens is 334 g/mol. The number of benzene rings is 2. The normalized spacial score (nSPS) is 12.5. The Morgan fingerprint density at radius 1 is 1.00 bits per heavy atom. The highest BCUT2D eigenvalue weighted by Crippen LogP contribution is 2.34. The molecule has 20 heavy (non-hydrogen) atoms. The van der Waals surface area contributed by atoms with Crippen LogP contribution in [-0.4, -0.2) is 7.05 Å². The van der Waals surface area contributed by atoms with Gasteiger partial charge in [0.1, 0.15) is 0 Å². The number of aryl methyl sites for hydroxylation is 3. The Balaban J connectivity index is 2.55. The third-order valence-corrected chi connectivity index (χ3v) is 4.69. The lowest BCUT2D eigenvalue weighted by Crippen LogP contribution is -2.19. The monoisotopic (exact) mass is 351 g/mol. The van der Waals surface area contributed by atoms with Gasteiger partial charge in [0.2, 0.25) is 0 Å². The van der Waals surface area contributed by atoms with Gasteiger partial charge in [0, 0.05) is 9.50 Å². The largest absolute Gasteiger partial charge is 0.309 e. The molecule has 0 spiro atoms. The van der Waals surface area contributed by atoms with E-state index < -0.39 is 0 Å². The van der Waals surface area contributed by atoms with Gasteiger partial charge in [0.15, 0.2) is 0 Å². The minimum Gasteiger partial charge on any atom is -0.309 e.